The minimum atomic E-state index is -0.561. The summed E-state index contributed by atoms with van der Waals surface area (Å²) in [5.74, 6) is 0.588. The van der Waals surface area contributed by atoms with E-state index in [-0.39, 0.29) is 31.6 Å². The molecule has 3 rings (SSSR count). The summed E-state index contributed by atoms with van der Waals surface area (Å²) < 4.78 is 10.9. The molecule has 0 bridgehead atoms. The number of amides is 2. The molecule has 8 heteroatoms. The van der Waals surface area contributed by atoms with Crippen LogP contribution in [0.25, 0.3) is 0 Å². The van der Waals surface area contributed by atoms with E-state index in [0.717, 1.165) is 24.9 Å². The van der Waals surface area contributed by atoms with Crippen molar-refractivity contribution in [3.63, 3.8) is 0 Å². The Hall–Kier alpha value is -2.16. The summed E-state index contributed by atoms with van der Waals surface area (Å²) in [6.45, 7) is 6.10. The Morgan fingerprint density at radius 3 is 2.62 bits per heavy atom. The van der Waals surface area contributed by atoms with Gasteiger partial charge in [0.25, 0.3) is 5.91 Å². The van der Waals surface area contributed by atoms with Gasteiger partial charge in [0.1, 0.15) is 5.75 Å². The monoisotopic (exact) mass is 405 g/mol. The number of nitrogens with zero attached hydrogens (tertiary/aromatic N) is 2. The predicted octanol–water partition coefficient (Wildman–Crippen LogP) is 0.387. The standard InChI is InChI=1S/C21H31N3O5/c1-21(20(27)22-8-12-25)7-2-9-24(21)15-17-3-5-18(6-4-17)29-16-19(26)23-10-13-28-14-11-23/h3-6,25H,2,7-16H2,1H3,(H,22,27)/t21-/m1/s1. The highest BCUT2D eigenvalue weighted by molar-refractivity contribution is 5.86. The highest BCUT2D eigenvalue weighted by Crippen LogP contribution is 2.31. The topological polar surface area (TPSA) is 91.3 Å². The van der Waals surface area contributed by atoms with E-state index in [0.29, 0.717) is 38.6 Å². The van der Waals surface area contributed by atoms with E-state index in [1.807, 2.05) is 31.2 Å². The van der Waals surface area contributed by atoms with Crippen LogP contribution in [0.15, 0.2) is 24.3 Å². The molecule has 0 aromatic heterocycles. The van der Waals surface area contributed by atoms with Gasteiger partial charge < -0.3 is 24.8 Å². The molecule has 0 aliphatic carbocycles. The van der Waals surface area contributed by atoms with Gasteiger partial charge in [0.15, 0.2) is 6.61 Å². The summed E-state index contributed by atoms with van der Waals surface area (Å²) >= 11 is 0. The van der Waals surface area contributed by atoms with Gasteiger partial charge in [0.05, 0.1) is 25.4 Å². The average molecular weight is 405 g/mol. The van der Waals surface area contributed by atoms with Crippen LogP contribution in [0.5, 0.6) is 5.75 Å². The van der Waals surface area contributed by atoms with Crippen molar-refractivity contribution in [2.45, 2.75) is 31.8 Å². The van der Waals surface area contributed by atoms with Crippen LogP contribution in [-0.4, -0.2) is 84.9 Å². The second kappa shape index (κ2) is 10.0. The molecule has 0 radical (unpaired) electrons. The van der Waals surface area contributed by atoms with E-state index < -0.39 is 5.54 Å². The van der Waals surface area contributed by atoms with Crippen molar-refractivity contribution in [1.29, 1.82) is 0 Å². The van der Waals surface area contributed by atoms with Gasteiger partial charge in [-0.2, -0.15) is 0 Å². The zero-order chi connectivity index (χ0) is 20.7. The van der Waals surface area contributed by atoms with Crippen LogP contribution < -0.4 is 10.1 Å². The largest absolute Gasteiger partial charge is 0.484 e. The SMILES string of the molecule is C[C@]1(C(=O)NCCO)CCCN1Cc1ccc(OCC(=O)N2CCOCC2)cc1. The van der Waals surface area contributed by atoms with Crippen molar-refractivity contribution < 1.29 is 24.2 Å². The van der Waals surface area contributed by atoms with E-state index in [9.17, 15) is 9.59 Å². The molecular weight excluding hydrogens is 374 g/mol. The molecule has 2 aliphatic heterocycles. The fraction of sp³-hybridized carbons (Fsp3) is 0.619. The van der Waals surface area contributed by atoms with Gasteiger partial charge in [-0.15, -0.1) is 0 Å². The molecule has 2 heterocycles. The highest BCUT2D eigenvalue weighted by Gasteiger charge is 2.42. The quantitative estimate of drug-likeness (QED) is 0.650. The summed E-state index contributed by atoms with van der Waals surface area (Å²) in [4.78, 5) is 28.6. The first-order valence-corrected chi connectivity index (χ1v) is 10.2. The summed E-state index contributed by atoms with van der Waals surface area (Å²) in [5, 5.41) is 11.8. The maximum absolute atomic E-state index is 12.5. The number of aliphatic hydroxyl groups excluding tert-OH is 1. The third kappa shape index (κ3) is 5.46. The molecule has 1 aromatic rings. The number of morpholine rings is 1. The highest BCUT2D eigenvalue weighted by atomic mass is 16.5. The lowest BCUT2D eigenvalue weighted by molar-refractivity contribution is -0.137. The molecule has 160 valence electrons. The molecule has 2 amide bonds. The molecule has 2 saturated heterocycles. The van der Waals surface area contributed by atoms with Crippen LogP contribution in [-0.2, 0) is 20.9 Å². The number of benzene rings is 1. The molecule has 2 aliphatic rings. The Morgan fingerprint density at radius 1 is 1.21 bits per heavy atom. The van der Waals surface area contributed by atoms with E-state index in [4.69, 9.17) is 14.6 Å². The summed E-state index contributed by atoms with van der Waals surface area (Å²) in [5.41, 5.74) is 0.523. The minimum Gasteiger partial charge on any atom is -0.484 e. The molecule has 1 aromatic carbocycles. The van der Waals surface area contributed by atoms with Gasteiger partial charge in [-0.1, -0.05) is 12.1 Å². The van der Waals surface area contributed by atoms with Crippen molar-refractivity contribution in [1.82, 2.24) is 15.1 Å². The minimum absolute atomic E-state index is 0.0224. The fourth-order valence-corrected chi connectivity index (χ4v) is 3.85. The zero-order valence-corrected chi connectivity index (χ0v) is 17.1. The van der Waals surface area contributed by atoms with E-state index in [1.54, 1.807) is 4.90 Å². The smallest absolute Gasteiger partial charge is 0.260 e. The Bertz CT molecular complexity index is 690. The fourth-order valence-electron chi connectivity index (χ4n) is 3.85. The first kappa shape index (κ1) is 21.5. The first-order valence-electron chi connectivity index (χ1n) is 10.2. The second-order valence-electron chi connectivity index (χ2n) is 7.70. The molecule has 8 nitrogen and oxygen atoms in total. The van der Waals surface area contributed by atoms with Crippen molar-refractivity contribution in [2.75, 3.05) is 52.6 Å². The summed E-state index contributed by atoms with van der Waals surface area (Å²) in [6, 6.07) is 7.67. The number of rotatable bonds is 8. The van der Waals surface area contributed by atoms with Crippen LogP contribution in [0.3, 0.4) is 0 Å². The molecule has 1 atom stereocenters. The number of aliphatic hydroxyl groups is 1. The zero-order valence-electron chi connectivity index (χ0n) is 17.1. The first-order chi connectivity index (χ1) is 14.0. The lowest BCUT2D eigenvalue weighted by atomic mass is 9.97. The molecule has 2 N–H and O–H groups in total. The Kier molecular flexibility index (Phi) is 7.46. The molecular formula is C21H31N3O5. The lowest BCUT2D eigenvalue weighted by Gasteiger charge is -2.34. The van der Waals surface area contributed by atoms with Gasteiger partial charge >= 0.3 is 0 Å². The van der Waals surface area contributed by atoms with Crippen LogP contribution >= 0.6 is 0 Å². The number of carbonyl (C=O) groups excluding carboxylic acids is 2. The van der Waals surface area contributed by atoms with Crippen molar-refractivity contribution in [3.05, 3.63) is 29.8 Å². The maximum Gasteiger partial charge on any atom is 0.260 e. The second-order valence-corrected chi connectivity index (χ2v) is 7.70. The summed E-state index contributed by atoms with van der Waals surface area (Å²) in [7, 11) is 0. The van der Waals surface area contributed by atoms with Gasteiger partial charge in [-0.05, 0) is 44.0 Å². The maximum atomic E-state index is 12.5. The van der Waals surface area contributed by atoms with Crippen LogP contribution in [0, 0.1) is 0 Å². The van der Waals surface area contributed by atoms with Crippen LogP contribution in [0.2, 0.25) is 0 Å². The third-order valence-electron chi connectivity index (χ3n) is 5.70. The van der Waals surface area contributed by atoms with Gasteiger partial charge in [0, 0.05) is 26.2 Å². The predicted molar refractivity (Wildman–Crippen MR) is 107 cm³/mol. The van der Waals surface area contributed by atoms with Crippen molar-refractivity contribution >= 4 is 11.8 Å². The molecule has 29 heavy (non-hydrogen) atoms. The van der Waals surface area contributed by atoms with Crippen LogP contribution in [0.4, 0.5) is 0 Å². The number of hydrogen-bond donors (Lipinski definition) is 2. The van der Waals surface area contributed by atoms with Crippen molar-refractivity contribution in [3.8, 4) is 5.75 Å². The van der Waals surface area contributed by atoms with E-state index in [2.05, 4.69) is 10.2 Å². The Labute approximate surface area is 171 Å². The van der Waals surface area contributed by atoms with E-state index >= 15 is 0 Å². The number of carbonyl (C=O) groups is 2. The third-order valence-corrected chi connectivity index (χ3v) is 5.70. The Morgan fingerprint density at radius 2 is 1.93 bits per heavy atom. The normalized spacial score (nSPS) is 22.5. The lowest BCUT2D eigenvalue weighted by Crippen LogP contribution is -2.53. The number of ether oxygens (including phenoxy) is 2. The van der Waals surface area contributed by atoms with Crippen molar-refractivity contribution in [2.24, 2.45) is 0 Å². The average Bonchev–Trinajstić information content (AvgIpc) is 3.13. The van der Waals surface area contributed by atoms with Gasteiger partial charge in [-0.3, -0.25) is 14.5 Å². The molecule has 2 fully saturated rings. The number of likely N-dealkylation sites (tertiary alicyclic amines) is 1. The van der Waals surface area contributed by atoms with Gasteiger partial charge in [-0.25, -0.2) is 0 Å². The van der Waals surface area contributed by atoms with Crippen LogP contribution in [0.1, 0.15) is 25.3 Å². The molecule has 0 spiro atoms. The number of nitrogens with one attached hydrogen (secondary N) is 1. The number of hydrogen-bond acceptors (Lipinski definition) is 6. The van der Waals surface area contributed by atoms with Gasteiger partial charge in [0.2, 0.25) is 5.91 Å². The molecule has 0 unspecified atom stereocenters. The molecule has 0 saturated carbocycles. The summed E-state index contributed by atoms with van der Waals surface area (Å²) in [6.07, 6.45) is 1.77. The Balaban J connectivity index is 1.52. The van der Waals surface area contributed by atoms with E-state index in [1.165, 1.54) is 0 Å².